The average molecular weight is 206 g/mol. The van der Waals surface area contributed by atoms with Gasteiger partial charge in [0.05, 0.1) is 0 Å². The molecular weight excluding hydrogens is 184 g/mol. The lowest BCUT2D eigenvalue weighted by atomic mass is 9.93. The lowest BCUT2D eigenvalue weighted by Crippen LogP contribution is -2.06. The van der Waals surface area contributed by atoms with E-state index < -0.39 is 0 Å². The van der Waals surface area contributed by atoms with Crippen LogP contribution in [0.25, 0.3) is 0 Å². The summed E-state index contributed by atoms with van der Waals surface area (Å²) < 4.78 is 0. The van der Waals surface area contributed by atoms with Crippen molar-refractivity contribution >= 4 is 5.78 Å². The molecule has 0 saturated carbocycles. The largest absolute Gasteiger partial charge is 0.295 e. The van der Waals surface area contributed by atoms with E-state index in [0.29, 0.717) is 11.7 Å². The van der Waals surface area contributed by atoms with Gasteiger partial charge in [-0.3, -0.25) is 4.79 Å². The van der Waals surface area contributed by atoms with E-state index in [1.807, 2.05) is 0 Å². The Kier molecular flexibility index (Phi) is 4.31. The first-order chi connectivity index (χ1) is 7.06. The van der Waals surface area contributed by atoms with Crippen LogP contribution in [0.3, 0.4) is 0 Å². The fourth-order valence-electron chi connectivity index (χ4n) is 2.14. The minimum Gasteiger partial charge on any atom is -0.295 e. The van der Waals surface area contributed by atoms with Gasteiger partial charge in [0.2, 0.25) is 0 Å². The van der Waals surface area contributed by atoms with E-state index >= 15 is 0 Å². The first-order valence-electron chi connectivity index (χ1n) is 5.94. The van der Waals surface area contributed by atoms with Crippen LogP contribution in [0.15, 0.2) is 22.8 Å². The standard InChI is InChI=1S/C14H22O/c1-5-10(2)6-7-11(3)14-12(4)8-9-13(14)15/h6,11H,5,7-9H2,1-4H3. The highest BCUT2D eigenvalue weighted by Gasteiger charge is 2.23. The van der Waals surface area contributed by atoms with Gasteiger partial charge in [0, 0.05) is 6.42 Å². The summed E-state index contributed by atoms with van der Waals surface area (Å²) in [6.45, 7) is 8.60. The number of rotatable bonds is 4. The maximum absolute atomic E-state index is 11.7. The Morgan fingerprint density at radius 2 is 2.13 bits per heavy atom. The third-order valence-electron chi connectivity index (χ3n) is 3.36. The predicted octanol–water partition coefficient (Wildman–Crippen LogP) is 4.05. The molecule has 1 aliphatic rings. The van der Waals surface area contributed by atoms with Gasteiger partial charge in [-0.05, 0) is 44.6 Å². The molecule has 1 unspecified atom stereocenters. The molecule has 0 saturated heterocycles. The topological polar surface area (TPSA) is 17.1 Å². The molecule has 0 aliphatic heterocycles. The third kappa shape index (κ3) is 3.05. The monoisotopic (exact) mass is 206 g/mol. The van der Waals surface area contributed by atoms with Gasteiger partial charge in [-0.25, -0.2) is 0 Å². The van der Waals surface area contributed by atoms with Crippen LogP contribution in [0.1, 0.15) is 53.4 Å². The zero-order valence-corrected chi connectivity index (χ0v) is 10.4. The van der Waals surface area contributed by atoms with E-state index in [4.69, 9.17) is 0 Å². The van der Waals surface area contributed by atoms with Crippen LogP contribution in [-0.4, -0.2) is 5.78 Å². The zero-order chi connectivity index (χ0) is 11.4. The second-order valence-electron chi connectivity index (χ2n) is 4.66. The Morgan fingerprint density at radius 1 is 1.47 bits per heavy atom. The molecule has 1 atom stereocenters. The Morgan fingerprint density at radius 3 is 2.60 bits per heavy atom. The molecule has 1 nitrogen and oxygen atoms in total. The van der Waals surface area contributed by atoms with Crippen molar-refractivity contribution in [1.29, 1.82) is 0 Å². The second kappa shape index (κ2) is 5.29. The van der Waals surface area contributed by atoms with Crippen molar-refractivity contribution in [1.82, 2.24) is 0 Å². The SMILES string of the molecule is CCC(C)=CCC(C)C1=C(C)CCC1=O. The highest BCUT2D eigenvalue weighted by Crippen LogP contribution is 2.30. The van der Waals surface area contributed by atoms with Gasteiger partial charge in [0.1, 0.15) is 0 Å². The molecule has 15 heavy (non-hydrogen) atoms. The summed E-state index contributed by atoms with van der Waals surface area (Å²) >= 11 is 0. The van der Waals surface area contributed by atoms with Gasteiger partial charge < -0.3 is 0 Å². The number of ketones is 1. The van der Waals surface area contributed by atoms with Gasteiger partial charge in [0.25, 0.3) is 0 Å². The smallest absolute Gasteiger partial charge is 0.159 e. The molecule has 0 N–H and O–H groups in total. The minimum absolute atomic E-state index is 0.377. The highest BCUT2D eigenvalue weighted by molar-refractivity contribution is 5.99. The summed E-state index contributed by atoms with van der Waals surface area (Å²) in [4.78, 5) is 11.7. The van der Waals surface area contributed by atoms with Crippen molar-refractivity contribution in [2.45, 2.75) is 53.4 Å². The lowest BCUT2D eigenvalue weighted by molar-refractivity contribution is -0.115. The summed E-state index contributed by atoms with van der Waals surface area (Å²) in [6.07, 6.45) is 6.12. The molecule has 0 bridgehead atoms. The number of Topliss-reactive ketones (excluding diaryl/α,β-unsaturated/α-hetero) is 1. The molecule has 0 aromatic carbocycles. The number of carbonyl (C=O) groups excluding carboxylic acids is 1. The van der Waals surface area contributed by atoms with E-state index in [9.17, 15) is 4.79 Å². The van der Waals surface area contributed by atoms with Crippen molar-refractivity contribution in [3.8, 4) is 0 Å². The molecule has 0 radical (unpaired) electrons. The Balaban J connectivity index is 2.65. The number of hydrogen-bond acceptors (Lipinski definition) is 1. The molecule has 0 heterocycles. The fourth-order valence-corrected chi connectivity index (χ4v) is 2.14. The zero-order valence-electron chi connectivity index (χ0n) is 10.4. The second-order valence-corrected chi connectivity index (χ2v) is 4.66. The van der Waals surface area contributed by atoms with Crippen LogP contribution in [0.4, 0.5) is 0 Å². The van der Waals surface area contributed by atoms with E-state index in [1.54, 1.807) is 0 Å². The van der Waals surface area contributed by atoms with Crippen molar-refractivity contribution in [3.63, 3.8) is 0 Å². The van der Waals surface area contributed by atoms with Gasteiger partial charge in [-0.1, -0.05) is 31.1 Å². The van der Waals surface area contributed by atoms with Crippen LogP contribution >= 0.6 is 0 Å². The van der Waals surface area contributed by atoms with Crippen LogP contribution in [-0.2, 0) is 4.79 Å². The number of hydrogen-bond donors (Lipinski definition) is 0. The summed E-state index contributed by atoms with van der Waals surface area (Å²) in [5.41, 5.74) is 3.84. The fraction of sp³-hybridized carbons (Fsp3) is 0.643. The van der Waals surface area contributed by atoms with Crippen LogP contribution in [0, 0.1) is 5.92 Å². The molecule has 1 heteroatoms. The van der Waals surface area contributed by atoms with Crippen LogP contribution in [0.2, 0.25) is 0 Å². The summed E-state index contributed by atoms with van der Waals surface area (Å²) in [5, 5.41) is 0. The predicted molar refractivity (Wildman–Crippen MR) is 64.8 cm³/mol. The molecule has 0 fully saturated rings. The number of carbonyl (C=O) groups is 1. The van der Waals surface area contributed by atoms with Gasteiger partial charge in [-0.15, -0.1) is 0 Å². The first kappa shape index (κ1) is 12.2. The summed E-state index contributed by atoms with van der Waals surface area (Å²) in [7, 11) is 0. The minimum atomic E-state index is 0.377. The normalized spacial score (nSPS) is 20.0. The molecule has 0 amide bonds. The summed E-state index contributed by atoms with van der Waals surface area (Å²) in [5.74, 6) is 0.782. The molecule has 1 aliphatic carbocycles. The van der Waals surface area contributed by atoms with Crippen LogP contribution < -0.4 is 0 Å². The van der Waals surface area contributed by atoms with Crippen molar-refractivity contribution in [2.24, 2.45) is 5.92 Å². The maximum Gasteiger partial charge on any atom is 0.159 e. The lowest BCUT2D eigenvalue weighted by Gasteiger charge is -2.11. The van der Waals surface area contributed by atoms with Gasteiger partial charge >= 0.3 is 0 Å². The summed E-state index contributed by atoms with van der Waals surface area (Å²) in [6, 6.07) is 0. The van der Waals surface area contributed by atoms with E-state index in [2.05, 4.69) is 33.8 Å². The number of allylic oxidation sites excluding steroid dienone is 4. The van der Waals surface area contributed by atoms with E-state index in [1.165, 1.54) is 11.1 Å². The van der Waals surface area contributed by atoms with Crippen LogP contribution in [0.5, 0.6) is 0 Å². The Hall–Kier alpha value is -0.850. The van der Waals surface area contributed by atoms with Crippen molar-refractivity contribution in [3.05, 3.63) is 22.8 Å². The molecule has 0 aromatic rings. The van der Waals surface area contributed by atoms with Gasteiger partial charge in [-0.2, -0.15) is 0 Å². The third-order valence-corrected chi connectivity index (χ3v) is 3.36. The molecule has 1 rings (SSSR count). The molecule has 0 aromatic heterocycles. The molecule has 84 valence electrons. The average Bonchev–Trinajstić information content (AvgIpc) is 2.54. The Labute approximate surface area is 93.3 Å². The van der Waals surface area contributed by atoms with E-state index in [0.717, 1.165) is 31.3 Å². The first-order valence-corrected chi connectivity index (χ1v) is 5.94. The molecular formula is C14H22O. The van der Waals surface area contributed by atoms with E-state index in [-0.39, 0.29) is 0 Å². The maximum atomic E-state index is 11.7. The van der Waals surface area contributed by atoms with Gasteiger partial charge in [0.15, 0.2) is 5.78 Å². The quantitative estimate of drug-likeness (QED) is 0.634. The molecule has 0 spiro atoms. The Bertz CT molecular complexity index is 307. The van der Waals surface area contributed by atoms with Crippen molar-refractivity contribution < 1.29 is 4.79 Å². The van der Waals surface area contributed by atoms with Crippen molar-refractivity contribution in [2.75, 3.05) is 0 Å². The highest BCUT2D eigenvalue weighted by atomic mass is 16.1.